The fourth-order valence-corrected chi connectivity index (χ4v) is 4.72. The molecular formula is C22H15ClN2O4S. The Morgan fingerprint density at radius 3 is 2.77 bits per heavy atom. The molecule has 0 unspecified atom stereocenters. The summed E-state index contributed by atoms with van der Waals surface area (Å²) in [7, 11) is 1.57. The zero-order chi connectivity index (χ0) is 21.0. The Balaban J connectivity index is 1.83. The molecule has 0 saturated carbocycles. The molecule has 1 aliphatic rings. The Morgan fingerprint density at radius 1 is 1.20 bits per heavy atom. The van der Waals surface area contributed by atoms with Gasteiger partial charge in [-0.25, -0.2) is 4.98 Å². The van der Waals surface area contributed by atoms with Gasteiger partial charge in [-0.1, -0.05) is 23.7 Å². The highest BCUT2D eigenvalue weighted by molar-refractivity contribution is 7.14. The molecule has 2 aromatic heterocycles. The van der Waals surface area contributed by atoms with Gasteiger partial charge >= 0.3 is 0 Å². The van der Waals surface area contributed by atoms with Crippen molar-refractivity contribution in [3.05, 3.63) is 85.7 Å². The summed E-state index contributed by atoms with van der Waals surface area (Å²) < 4.78 is 11.3. The van der Waals surface area contributed by atoms with E-state index in [1.165, 1.54) is 16.2 Å². The van der Waals surface area contributed by atoms with Crippen molar-refractivity contribution in [2.45, 2.75) is 13.0 Å². The van der Waals surface area contributed by atoms with Crippen LogP contribution in [0.15, 0.2) is 57.1 Å². The van der Waals surface area contributed by atoms with Gasteiger partial charge in [0.25, 0.3) is 5.91 Å². The zero-order valence-corrected chi connectivity index (χ0v) is 17.6. The molecule has 0 aliphatic carbocycles. The van der Waals surface area contributed by atoms with Crippen LogP contribution in [-0.2, 0) is 0 Å². The van der Waals surface area contributed by atoms with Crippen LogP contribution >= 0.6 is 22.9 Å². The summed E-state index contributed by atoms with van der Waals surface area (Å²) in [4.78, 5) is 32.9. The summed E-state index contributed by atoms with van der Waals surface area (Å²) >= 11 is 7.45. The lowest BCUT2D eigenvalue weighted by Crippen LogP contribution is -2.29. The SMILES string of the molecule is COc1cccc([C@H]2c3c(oc4ccc(Cl)cc4c3=O)C(=O)N2c2nc(C)cs2)c1. The van der Waals surface area contributed by atoms with Crippen LogP contribution in [0, 0.1) is 6.92 Å². The van der Waals surface area contributed by atoms with Gasteiger partial charge in [-0.3, -0.25) is 14.5 Å². The molecule has 0 fully saturated rings. The molecule has 30 heavy (non-hydrogen) atoms. The van der Waals surface area contributed by atoms with Crippen LogP contribution in [0.2, 0.25) is 5.02 Å². The molecule has 3 heterocycles. The zero-order valence-electron chi connectivity index (χ0n) is 16.0. The molecule has 6 nitrogen and oxygen atoms in total. The maximum Gasteiger partial charge on any atom is 0.297 e. The normalized spacial score (nSPS) is 15.6. The van der Waals surface area contributed by atoms with Crippen molar-refractivity contribution in [2.75, 3.05) is 12.0 Å². The van der Waals surface area contributed by atoms with Gasteiger partial charge in [0.05, 0.1) is 29.8 Å². The van der Waals surface area contributed by atoms with Crippen molar-refractivity contribution in [3.8, 4) is 5.75 Å². The Kier molecular flexibility index (Phi) is 4.38. The number of aryl methyl sites for hydroxylation is 1. The summed E-state index contributed by atoms with van der Waals surface area (Å²) in [6.45, 7) is 1.86. The van der Waals surface area contributed by atoms with Crippen LogP contribution in [0.5, 0.6) is 5.75 Å². The molecule has 5 rings (SSSR count). The number of hydrogen-bond acceptors (Lipinski definition) is 6. The number of carbonyl (C=O) groups is 1. The third-order valence-corrected chi connectivity index (χ3v) is 6.25. The smallest absolute Gasteiger partial charge is 0.297 e. The minimum atomic E-state index is -0.687. The first-order valence-corrected chi connectivity index (χ1v) is 10.4. The quantitative estimate of drug-likeness (QED) is 0.451. The van der Waals surface area contributed by atoms with Gasteiger partial charge in [-0.15, -0.1) is 11.3 Å². The molecule has 150 valence electrons. The minimum absolute atomic E-state index is 0.0236. The van der Waals surface area contributed by atoms with Gasteiger partial charge in [-0.05, 0) is 42.8 Å². The van der Waals surface area contributed by atoms with Gasteiger partial charge in [0.1, 0.15) is 11.3 Å². The number of benzene rings is 2. The van der Waals surface area contributed by atoms with E-state index in [1.54, 1.807) is 25.3 Å². The molecule has 1 atom stereocenters. The average Bonchev–Trinajstić information content (AvgIpc) is 3.30. The third-order valence-electron chi connectivity index (χ3n) is 5.05. The first-order valence-electron chi connectivity index (χ1n) is 9.14. The lowest BCUT2D eigenvalue weighted by Gasteiger charge is -2.22. The third kappa shape index (κ3) is 2.81. The van der Waals surface area contributed by atoms with E-state index in [1.807, 2.05) is 36.6 Å². The molecule has 0 bridgehead atoms. The second-order valence-electron chi connectivity index (χ2n) is 6.94. The summed E-state index contributed by atoms with van der Waals surface area (Å²) in [6.07, 6.45) is 0. The Morgan fingerprint density at radius 2 is 2.03 bits per heavy atom. The van der Waals surface area contributed by atoms with E-state index >= 15 is 0 Å². The summed E-state index contributed by atoms with van der Waals surface area (Å²) in [6, 6.07) is 11.4. The molecule has 1 aliphatic heterocycles. The number of methoxy groups -OCH3 is 1. The first-order chi connectivity index (χ1) is 14.5. The number of ether oxygens (including phenoxy) is 1. The predicted octanol–water partition coefficient (Wildman–Crippen LogP) is 4.97. The number of fused-ring (bicyclic) bond motifs is 2. The average molecular weight is 439 g/mol. The van der Waals surface area contributed by atoms with Gasteiger partial charge in [0, 0.05) is 10.4 Å². The second kappa shape index (κ2) is 6.97. The van der Waals surface area contributed by atoms with Crippen molar-refractivity contribution >= 4 is 44.9 Å². The molecule has 1 amide bonds. The minimum Gasteiger partial charge on any atom is -0.497 e. The molecule has 0 saturated heterocycles. The molecule has 8 heteroatoms. The number of thiazole rings is 1. The lowest BCUT2D eigenvalue weighted by atomic mass is 9.98. The van der Waals surface area contributed by atoms with Gasteiger partial charge in [-0.2, -0.15) is 0 Å². The molecule has 0 radical (unpaired) electrons. The lowest BCUT2D eigenvalue weighted by molar-refractivity contribution is 0.0971. The summed E-state index contributed by atoms with van der Waals surface area (Å²) in [5.74, 6) is 0.244. The van der Waals surface area contributed by atoms with E-state index in [4.69, 9.17) is 20.8 Å². The number of anilines is 1. The standard InChI is InChI=1S/C22H15ClN2O4S/c1-11-10-30-22(24-11)25-18(12-4-3-5-14(8-12)28-2)17-19(26)15-9-13(23)6-7-16(15)29-20(17)21(25)27/h3-10,18H,1-2H3/t18-/m0/s1. The van der Waals surface area contributed by atoms with E-state index in [2.05, 4.69) is 4.98 Å². The summed E-state index contributed by atoms with van der Waals surface area (Å²) in [5.41, 5.74) is 1.82. The highest BCUT2D eigenvalue weighted by Crippen LogP contribution is 2.42. The molecule has 0 spiro atoms. The van der Waals surface area contributed by atoms with E-state index in [0.29, 0.717) is 26.9 Å². The van der Waals surface area contributed by atoms with Crippen molar-refractivity contribution in [1.82, 2.24) is 4.98 Å². The number of rotatable bonds is 3. The number of carbonyl (C=O) groups excluding carboxylic acids is 1. The fourth-order valence-electron chi connectivity index (χ4n) is 3.72. The largest absolute Gasteiger partial charge is 0.497 e. The van der Waals surface area contributed by atoms with E-state index in [9.17, 15) is 9.59 Å². The summed E-state index contributed by atoms with van der Waals surface area (Å²) in [5, 5.41) is 3.11. The maximum absolute atomic E-state index is 13.5. The van der Waals surface area contributed by atoms with Crippen molar-refractivity contribution in [2.24, 2.45) is 0 Å². The highest BCUT2D eigenvalue weighted by Gasteiger charge is 2.45. The highest BCUT2D eigenvalue weighted by atomic mass is 35.5. The van der Waals surface area contributed by atoms with Crippen LogP contribution < -0.4 is 15.1 Å². The monoisotopic (exact) mass is 438 g/mol. The van der Waals surface area contributed by atoms with E-state index < -0.39 is 11.9 Å². The number of amides is 1. The Hall–Kier alpha value is -3.16. The number of hydrogen-bond donors (Lipinski definition) is 0. The van der Waals surface area contributed by atoms with Crippen LogP contribution in [0.1, 0.15) is 33.4 Å². The van der Waals surface area contributed by atoms with E-state index in [-0.39, 0.29) is 16.8 Å². The van der Waals surface area contributed by atoms with Gasteiger partial charge < -0.3 is 9.15 Å². The topological polar surface area (TPSA) is 72.6 Å². The predicted molar refractivity (Wildman–Crippen MR) is 116 cm³/mol. The first kappa shape index (κ1) is 18.8. The number of nitrogens with zero attached hydrogens (tertiary/aromatic N) is 2. The van der Waals surface area contributed by atoms with Crippen LogP contribution in [0.3, 0.4) is 0 Å². The molecule has 4 aromatic rings. The van der Waals surface area contributed by atoms with Crippen LogP contribution in [0.25, 0.3) is 11.0 Å². The maximum atomic E-state index is 13.5. The second-order valence-corrected chi connectivity index (χ2v) is 8.21. The van der Waals surface area contributed by atoms with E-state index in [0.717, 1.165) is 11.3 Å². The fraction of sp³-hybridized carbons (Fsp3) is 0.136. The van der Waals surface area contributed by atoms with Crippen molar-refractivity contribution in [3.63, 3.8) is 0 Å². The van der Waals surface area contributed by atoms with Crippen molar-refractivity contribution in [1.29, 1.82) is 0 Å². The number of halogens is 1. The van der Waals surface area contributed by atoms with Crippen molar-refractivity contribution < 1.29 is 13.9 Å². The Labute approximate surface area is 180 Å². The van der Waals surface area contributed by atoms with Gasteiger partial charge in [0.2, 0.25) is 5.76 Å². The van der Waals surface area contributed by atoms with Crippen LogP contribution in [-0.4, -0.2) is 18.0 Å². The molecular weight excluding hydrogens is 424 g/mol. The number of aromatic nitrogens is 1. The molecule has 2 aromatic carbocycles. The van der Waals surface area contributed by atoms with Crippen LogP contribution in [0.4, 0.5) is 5.13 Å². The Bertz CT molecular complexity index is 1380. The van der Waals surface area contributed by atoms with Gasteiger partial charge in [0.15, 0.2) is 10.6 Å². The molecule has 0 N–H and O–H groups in total.